The highest BCUT2D eigenvalue weighted by atomic mass is 16.7. The summed E-state index contributed by atoms with van der Waals surface area (Å²) in [5.74, 6) is 2.64. The summed E-state index contributed by atoms with van der Waals surface area (Å²) in [5, 5.41) is 0. The molecule has 2 heteroatoms. The maximum Gasteiger partial charge on any atom is 0.158 e. The van der Waals surface area contributed by atoms with E-state index in [2.05, 4.69) is 25.0 Å². The molecule has 0 bridgehead atoms. The first-order valence-electron chi connectivity index (χ1n) is 7.17. The molecule has 2 rings (SSSR count). The van der Waals surface area contributed by atoms with E-state index in [9.17, 15) is 0 Å². The van der Waals surface area contributed by atoms with E-state index in [-0.39, 0.29) is 12.4 Å². The zero-order valence-corrected chi connectivity index (χ0v) is 11.6. The third-order valence-corrected chi connectivity index (χ3v) is 3.45. The molecule has 1 unspecified atom stereocenters. The number of ether oxygens (including phenoxy) is 2. The van der Waals surface area contributed by atoms with Crippen LogP contribution in [0.2, 0.25) is 0 Å². The molecule has 102 valence electrons. The standard InChI is InChI=1S/C17H22O2/c1-3-7-16(19-17-8-5-6-13-18-17)15-11-9-14(4-2)10-12-15/h2,9-12,16-17H,3,5-8,13H2,1H3/t16-,17?/m1/s1. The number of benzene rings is 1. The van der Waals surface area contributed by atoms with E-state index in [4.69, 9.17) is 15.9 Å². The maximum atomic E-state index is 6.12. The zero-order chi connectivity index (χ0) is 13.5. The third-order valence-electron chi connectivity index (χ3n) is 3.45. The molecule has 1 saturated heterocycles. The lowest BCUT2D eigenvalue weighted by atomic mass is 10.0. The van der Waals surface area contributed by atoms with Crippen molar-refractivity contribution in [1.82, 2.24) is 0 Å². The van der Waals surface area contributed by atoms with Crippen LogP contribution in [0.4, 0.5) is 0 Å². The molecule has 0 aromatic heterocycles. The van der Waals surface area contributed by atoms with Crippen LogP contribution < -0.4 is 0 Å². The Bertz CT molecular complexity index is 410. The van der Waals surface area contributed by atoms with Crippen molar-refractivity contribution in [3.05, 3.63) is 35.4 Å². The van der Waals surface area contributed by atoms with Gasteiger partial charge in [-0.25, -0.2) is 0 Å². The minimum Gasteiger partial charge on any atom is -0.353 e. The lowest BCUT2D eigenvalue weighted by molar-refractivity contribution is -0.191. The lowest BCUT2D eigenvalue weighted by Gasteiger charge is -2.28. The van der Waals surface area contributed by atoms with Gasteiger partial charge in [-0.1, -0.05) is 31.4 Å². The predicted octanol–water partition coefficient (Wildman–Crippen LogP) is 4.05. The van der Waals surface area contributed by atoms with Gasteiger partial charge in [0.1, 0.15) is 0 Å². The number of hydrogen-bond donors (Lipinski definition) is 0. The molecule has 2 atom stereocenters. The van der Waals surface area contributed by atoms with Gasteiger partial charge in [0.15, 0.2) is 6.29 Å². The van der Waals surface area contributed by atoms with Crippen molar-refractivity contribution in [2.75, 3.05) is 6.61 Å². The molecule has 1 aromatic rings. The second kappa shape index (κ2) is 7.33. The summed E-state index contributed by atoms with van der Waals surface area (Å²) in [7, 11) is 0. The average Bonchev–Trinajstić information content (AvgIpc) is 2.48. The Labute approximate surface area is 116 Å². The Hall–Kier alpha value is -1.30. The number of hydrogen-bond acceptors (Lipinski definition) is 2. The van der Waals surface area contributed by atoms with Gasteiger partial charge in [-0.15, -0.1) is 6.42 Å². The summed E-state index contributed by atoms with van der Waals surface area (Å²) in [6.45, 7) is 2.99. The number of terminal acetylenes is 1. The Morgan fingerprint density at radius 1 is 1.37 bits per heavy atom. The number of rotatable bonds is 5. The van der Waals surface area contributed by atoms with Gasteiger partial charge in [0.05, 0.1) is 6.10 Å². The van der Waals surface area contributed by atoms with Gasteiger partial charge in [-0.05, 0) is 43.4 Å². The molecule has 0 amide bonds. The van der Waals surface area contributed by atoms with Crippen molar-refractivity contribution in [3.8, 4) is 12.3 Å². The van der Waals surface area contributed by atoms with Gasteiger partial charge < -0.3 is 9.47 Å². The van der Waals surface area contributed by atoms with E-state index in [1.165, 1.54) is 12.0 Å². The average molecular weight is 258 g/mol. The summed E-state index contributed by atoms with van der Waals surface area (Å²) in [4.78, 5) is 0. The van der Waals surface area contributed by atoms with Gasteiger partial charge in [0, 0.05) is 12.2 Å². The van der Waals surface area contributed by atoms with Crippen LogP contribution in [0.1, 0.15) is 56.3 Å². The van der Waals surface area contributed by atoms with E-state index < -0.39 is 0 Å². The second-order valence-corrected chi connectivity index (χ2v) is 4.98. The molecule has 0 saturated carbocycles. The molecular formula is C17H22O2. The van der Waals surface area contributed by atoms with Crippen molar-refractivity contribution < 1.29 is 9.47 Å². The molecule has 0 spiro atoms. The fourth-order valence-electron chi connectivity index (χ4n) is 2.37. The van der Waals surface area contributed by atoms with Gasteiger partial charge in [-0.3, -0.25) is 0 Å². The van der Waals surface area contributed by atoms with Crippen molar-refractivity contribution in [2.24, 2.45) is 0 Å². The third kappa shape index (κ3) is 4.09. The first-order valence-corrected chi connectivity index (χ1v) is 7.17. The SMILES string of the molecule is C#Cc1ccc([C@@H](CCC)OC2CCCCO2)cc1. The lowest BCUT2D eigenvalue weighted by Crippen LogP contribution is -2.24. The summed E-state index contributed by atoms with van der Waals surface area (Å²) >= 11 is 0. The second-order valence-electron chi connectivity index (χ2n) is 4.98. The van der Waals surface area contributed by atoms with Crippen molar-refractivity contribution in [2.45, 2.75) is 51.4 Å². The molecule has 1 aromatic carbocycles. The molecule has 2 nitrogen and oxygen atoms in total. The van der Waals surface area contributed by atoms with Crippen LogP contribution in [-0.2, 0) is 9.47 Å². The highest BCUT2D eigenvalue weighted by Crippen LogP contribution is 2.27. The van der Waals surface area contributed by atoms with Crippen LogP contribution in [0.25, 0.3) is 0 Å². The van der Waals surface area contributed by atoms with Crippen LogP contribution in [0.15, 0.2) is 24.3 Å². The molecule has 1 aliphatic heterocycles. The first-order chi connectivity index (χ1) is 9.33. The highest BCUT2D eigenvalue weighted by molar-refractivity contribution is 5.34. The van der Waals surface area contributed by atoms with Crippen molar-refractivity contribution >= 4 is 0 Å². The van der Waals surface area contributed by atoms with Gasteiger partial charge in [0.2, 0.25) is 0 Å². The van der Waals surface area contributed by atoms with Crippen LogP contribution in [0.5, 0.6) is 0 Å². The Kier molecular flexibility index (Phi) is 5.44. The van der Waals surface area contributed by atoms with E-state index >= 15 is 0 Å². The predicted molar refractivity (Wildman–Crippen MR) is 76.7 cm³/mol. The molecule has 1 fully saturated rings. The van der Waals surface area contributed by atoms with E-state index in [1.54, 1.807) is 0 Å². The molecule has 1 heterocycles. The van der Waals surface area contributed by atoms with Crippen LogP contribution in [0.3, 0.4) is 0 Å². The quantitative estimate of drug-likeness (QED) is 0.742. The summed E-state index contributed by atoms with van der Waals surface area (Å²) < 4.78 is 11.8. The topological polar surface area (TPSA) is 18.5 Å². The van der Waals surface area contributed by atoms with Crippen LogP contribution in [0, 0.1) is 12.3 Å². The Balaban J connectivity index is 2.03. The molecular weight excluding hydrogens is 236 g/mol. The van der Waals surface area contributed by atoms with Crippen LogP contribution >= 0.6 is 0 Å². The molecule has 0 N–H and O–H groups in total. The normalized spacial score (nSPS) is 20.7. The molecule has 1 aliphatic rings. The largest absolute Gasteiger partial charge is 0.353 e. The first kappa shape index (κ1) is 14.1. The van der Waals surface area contributed by atoms with Gasteiger partial charge >= 0.3 is 0 Å². The fourth-order valence-corrected chi connectivity index (χ4v) is 2.37. The summed E-state index contributed by atoms with van der Waals surface area (Å²) in [5.41, 5.74) is 2.10. The smallest absolute Gasteiger partial charge is 0.158 e. The van der Waals surface area contributed by atoms with E-state index in [0.717, 1.165) is 37.9 Å². The van der Waals surface area contributed by atoms with Crippen molar-refractivity contribution in [3.63, 3.8) is 0 Å². The van der Waals surface area contributed by atoms with Crippen molar-refractivity contribution in [1.29, 1.82) is 0 Å². The van der Waals surface area contributed by atoms with E-state index in [0.29, 0.717) is 0 Å². The minimum atomic E-state index is -0.0439. The highest BCUT2D eigenvalue weighted by Gasteiger charge is 2.20. The minimum absolute atomic E-state index is 0.0439. The van der Waals surface area contributed by atoms with Crippen LogP contribution in [-0.4, -0.2) is 12.9 Å². The van der Waals surface area contributed by atoms with Gasteiger partial charge in [0.25, 0.3) is 0 Å². The molecule has 0 radical (unpaired) electrons. The van der Waals surface area contributed by atoms with E-state index in [1.807, 2.05) is 12.1 Å². The Morgan fingerprint density at radius 2 is 2.16 bits per heavy atom. The molecule has 19 heavy (non-hydrogen) atoms. The maximum absolute atomic E-state index is 6.12. The molecule has 0 aliphatic carbocycles. The van der Waals surface area contributed by atoms with Gasteiger partial charge in [-0.2, -0.15) is 0 Å². The fraction of sp³-hybridized carbons (Fsp3) is 0.529. The monoisotopic (exact) mass is 258 g/mol. The zero-order valence-electron chi connectivity index (χ0n) is 11.6. The summed E-state index contributed by atoms with van der Waals surface area (Å²) in [6.07, 6.45) is 10.9. The Morgan fingerprint density at radius 3 is 2.74 bits per heavy atom. The summed E-state index contributed by atoms with van der Waals surface area (Å²) in [6, 6.07) is 8.09.